The van der Waals surface area contributed by atoms with Gasteiger partial charge in [-0.3, -0.25) is 9.59 Å². The summed E-state index contributed by atoms with van der Waals surface area (Å²) in [6.07, 6.45) is -1.59. The molecule has 2 amide bonds. The Morgan fingerprint density at radius 2 is 1.10 bits per heavy atom. The lowest BCUT2D eigenvalue weighted by Crippen LogP contribution is -2.46. The normalized spacial score (nSPS) is 12.8. The summed E-state index contributed by atoms with van der Waals surface area (Å²) in [5.41, 5.74) is -1.41. The lowest BCUT2D eigenvalue weighted by atomic mass is 10.00. The van der Waals surface area contributed by atoms with E-state index in [1.165, 1.54) is 21.3 Å². The third kappa shape index (κ3) is 19.6. The van der Waals surface area contributed by atoms with E-state index in [9.17, 15) is 28.8 Å². The first kappa shape index (κ1) is 39.1. The van der Waals surface area contributed by atoms with Gasteiger partial charge in [0.25, 0.3) is 0 Å². The van der Waals surface area contributed by atoms with E-state index in [0.717, 1.165) is 7.11 Å². The number of hydrogen-bond acceptors (Lipinski definition) is 12. The average Bonchev–Trinajstić information content (AvgIpc) is 2.86. The largest absolute Gasteiger partial charge is 0.469 e. The minimum atomic E-state index is -1.11. The first-order valence-electron chi connectivity index (χ1n) is 12.5. The SMILES string of the molecule is COC(=O)CC[C@H](NC(=O)OC(C)(C)C)C(=O)OC.[C-]#[N+]C[C@@H](C[C@H](NC(=O)OC(C)(C)C)C(=O)OC)C(=O)OC. The van der Waals surface area contributed by atoms with Gasteiger partial charge in [0.15, 0.2) is 0 Å². The molecule has 0 saturated heterocycles. The lowest BCUT2D eigenvalue weighted by molar-refractivity contribution is -0.148. The van der Waals surface area contributed by atoms with Crippen LogP contribution in [0, 0.1) is 12.5 Å². The molecule has 0 rings (SSSR count). The number of carbonyl (C=O) groups is 6. The van der Waals surface area contributed by atoms with Crippen LogP contribution in [-0.4, -0.2) is 94.3 Å². The lowest BCUT2D eigenvalue weighted by Gasteiger charge is -2.23. The first-order chi connectivity index (χ1) is 18.8. The van der Waals surface area contributed by atoms with Crippen molar-refractivity contribution < 1.29 is 57.2 Å². The van der Waals surface area contributed by atoms with Crippen LogP contribution < -0.4 is 10.6 Å². The number of methoxy groups -OCH3 is 4. The number of nitrogens with zero attached hydrogens (tertiary/aromatic N) is 1. The molecule has 0 aliphatic carbocycles. The minimum absolute atomic E-state index is 0.00787. The number of rotatable bonds is 11. The van der Waals surface area contributed by atoms with Crippen molar-refractivity contribution in [3.05, 3.63) is 11.4 Å². The Morgan fingerprint density at radius 3 is 1.46 bits per heavy atom. The number of hydrogen-bond donors (Lipinski definition) is 2. The fourth-order valence-electron chi connectivity index (χ4n) is 2.82. The van der Waals surface area contributed by atoms with Crippen molar-refractivity contribution >= 4 is 36.1 Å². The molecular formula is C26H43N3O12. The highest BCUT2D eigenvalue weighted by Gasteiger charge is 2.33. The number of carbonyl (C=O) groups excluding carboxylic acids is 6. The van der Waals surface area contributed by atoms with Crippen molar-refractivity contribution in [2.24, 2.45) is 5.92 Å². The van der Waals surface area contributed by atoms with Gasteiger partial charge in [-0.25, -0.2) is 25.8 Å². The molecule has 0 aromatic carbocycles. The molecule has 0 spiro atoms. The molecule has 0 heterocycles. The minimum Gasteiger partial charge on any atom is -0.469 e. The Kier molecular flexibility index (Phi) is 18.2. The second kappa shape index (κ2) is 19.1. The van der Waals surface area contributed by atoms with Crippen molar-refractivity contribution in [3.63, 3.8) is 0 Å². The number of esters is 4. The maximum atomic E-state index is 11.8. The summed E-state index contributed by atoms with van der Waals surface area (Å²) < 4.78 is 28.3. The molecule has 0 bridgehead atoms. The van der Waals surface area contributed by atoms with Gasteiger partial charge in [-0.15, -0.1) is 0 Å². The second-order valence-corrected chi connectivity index (χ2v) is 10.4. The van der Waals surface area contributed by atoms with Crippen molar-refractivity contribution in [1.82, 2.24) is 10.6 Å². The van der Waals surface area contributed by atoms with E-state index in [4.69, 9.17) is 16.0 Å². The van der Waals surface area contributed by atoms with E-state index < -0.39 is 65.3 Å². The molecule has 15 heteroatoms. The number of amides is 2. The molecule has 15 nitrogen and oxygen atoms in total. The summed E-state index contributed by atoms with van der Waals surface area (Å²) in [6, 6.07) is -2.05. The van der Waals surface area contributed by atoms with Gasteiger partial charge in [0.05, 0.1) is 28.4 Å². The van der Waals surface area contributed by atoms with Gasteiger partial charge in [-0.1, -0.05) is 0 Å². The molecule has 0 aromatic rings. The third-order valence-electron chi connectivity index (χ3n) is 4.58. The van der Waals surface area contributed by atoms with Gasteiger partial charge in [0, 0.05) is 6.42 Å². The molecule has 0 fully saturated rings. The Bertz CT molecular complexity index is 931. The molecule has 0 unspecified atom stereocenters. The highest BCUT2D eigenvalue weighted by molar-refractivity contribution is 5.83. The molecule has 0 aliphatic rings. The highest BCUT2D eigenvalue weighted by atomic mass is 16.6. The quantitative estimate of drug-likeness (QED) is 0.203. The fraction of sp³-hybridized carbons (Fsp3) is 0.731. The zero-order chi connectivity index (χ0) is 32.4. The van der Waals surface area contributed by atoms with Gasteiger partial charge in [-0.05, 0) is 54.4 Å². The van der Waals surface area contributed by atoms with Gasteiger partial charge >= 0.3 is 36.1 Å². The average molecular weight is 590 g/mol. The predicted octanol–water partition coefficient (Wildman–Crippen LogP) is 2.16. The van der Waals surface area contributed by atoms with Crippen LogP contribution in [0.4, 0.5) is 9.59 Å². The monoisotopic (exact) mass is 589 g/mol. The summed E-state index contributed by atoms with van der Waals surface area (Å²) in [6.45, 7) is 16.8. The van der Waals surface area contributed by atoms with Crippen molar-refractivity contribution in [3.8, 4) is 0 Å². The van der Waals surface area contributed by atoms with E-state index in [1.807, 2.05) is 0 Å². The molecule has 2 N–H and O–H groups in total. The van der Waals surface area contributed by atoms with Crippen LogP contribution in [0.1, 0.15) is 60.8 Å². The maximum absolute atomic E-state index is 11.8. The summed E-state index contributed by atoms with van der Waals surface area (Å²) >= 11 is 0. The van der Waals surface area contributed by atoms with E-state index in [0.29, 0.717) is 0 Å². The maximum Gasteiger partial charge on any atom is 0.408 e. The van der Waals surface area contributed by atoms with Crippen LogP contribution in [0.25, 0.3) is 4.85 Å². The van der Waals surface area contributed by atoms with Crippen molar-refractivity contribution in [2.75, 3.05) is 35.0 Å². The van der Waals surface area contributed by atoms with Crippen LogP contribution in [0.3, 0.4) is 0 Å². The number of alkyl carbamates (subject to hydrolysis) is 2. The molecule has 0 saturated carbocycles. The first-order valence-corrected chi connectivity index (χ1v) is 12.5. The molecule has 0 aliphatic heterocycles. The third-order valence-corrected chi connectivity index (χ3v) is 4.58. The molecule has 0 radical (unpaired) electrons. The summed E-state index contributed by atoms with van der Waals surface area (Å²) in [5.74, 6) is -3.32. The summed E-state index contributed by atoms with van der Waals surface area (Å²) in [7, 11) is 4.79. The van der Waals surface area contributed by atoms with Crippen molar-refractivity contribution in [2.45, 2.75) is 84.1 Å². The highest BCUT2D eigenvalue weighted by Crippen LogP contribution is 2.13. The zero-order valence-corrected chi connectivity index (χ0v) is 25.4. The number of ether oxygens (including phenoxy) is 6. The van der Waals surface area contributed by atoms with Gasteiger partial charge in [0.1, 0.15) is 29.2 Å². The smallest absolute Gasteiger partial charge is 0.408 e. The molecule has 234 valence electrons. The summed E-state index contributed by atoms with van der Waals surface area (Å²) in [5, 5.41) is 4.71. The van der Waals surface area contributed by atoms with E-state index in [1.54, 1.807) is 41.5 Å². The molecule has 0 aromatic heterocycles. The zero-order valence-electron chi connectivity index (χ0n) is 25.4. The Balaban J connectivity index is 0. The van der Waals surface area contributed by atoms with Crippen LogP contribution in [0.2, 0.25) is 0 Å². The summed E-state index contributed by atoms with van der Waals surface area (Å²) in [4.78, 5) is 72.3. The fourth-order valence-corrected chi connectivity index (χ4v) is 2.82. The van der Waals surface area contributed by atoms with Crippen LogP contribution in [0.5, 0.6) is 0 Å². The second-order valence-electron chi connectivity index (χ2n) is 10.4. The van der Waals surface area contributed by atoms with Gasteiger partial charge in [0.2, 0.25) is 6.54 Å². The van der Waals surface area contributed by atoms with Crippen LogP contribution in [-0.2, 0) is 47.6 Å². The molecular weight excluding hydrogens is 546 g/mol. The number of nitrogens with one attached hydrogen (secondary N) is 2. The van der Waals surface area contributed by atoms with Gasteiger partial charge < -0.3 is 43.9 Å². The van der Waals surface area contributed by atoms with Crippen LogP contribution >= 0.6 is 0 Å². The van der Waals surface area contributed by atoms with Gasteiger partial charge in [-0.2, -0.15) is 0 Å². The van der Waals surface area contributed by atoms with Crippen LogP contribution in [0.15, 0.2) is 0 Å². The van der Waals surface area contributed by atoms with Crippen molar-refractivity contribution in [1.29, 1.82) is 0 Å². The Hall–Kier alpha value is -4.09. The standard InChI is InChI=1S/C14H22N2O6.C12H21NO6/c1-14(2,3)22-13(19)16-10(12(18)21-6)7-9(8-15-4)11(17)20-5;1-12(2,3)19-11(16)13-8(10(15)18-5)6-7-9(14)17-4/h9-10H,7-8H2,1-3,5-6H3,(H,16,19);8H,6-7H2,1-5H3,(H,13,16)/t9-,10+;8-/m10/s1. The Labute approximate surface area is 240 Å². The molecule has 41 heavy (non-hydrogen) atoms. The predicted molar refractivity (Wildman–Crippen MR) is 143 cm³/mol. The van der Waals surface area contributed by atoms with E-state index in [-0.39, 0.29) is 25.8 Å². The Morgan fingerprint density at radius 1 is 0.683 bits per heavy atom. The van der Waals surface area contributed by atoms with E-state index in [2.05, 4.69) is 34.4 Å². The van der Waals surface area contributed by atoms with E-state index >= 15 is 0 Å². The molecule has 3 atom stereocenters. The topological polar surface area (TPSA) is 186 Å².